The second-order valence-electron chi connectivity index (χ2n) is 5.51. The van der Waals surface area contributed by atoms with Crippen LogP contribution in [0.5, 0.6) is 0 Å². The topological polar surface area (TPSA) is 80.3 Å². The number of aromatic nitrogens is 1. The molecule has 8 heteroatoms. The summed E-state index contributed by atoms with van der Waals surface area (Å²) in [5.41, 5.74) is 1.84. The zero-order chi connectivity index (χ0) is 19.1. The third kappa shape index (κ3) is 5.80. The molecule has 0 saturated heterocycles. The van der Waals surface area contributed by atoms with Gasteiger partial charge in [0.15, 0.2) is 17.4 Å². The number of thiazole rings is 1. The van der Waals surface area contributed by atoms with Crippen LogP contribution >= 0.6 is 22.9 Å². The van der Waals surface area contributed by atoms with Gasteiger partial charge in [0.25, 0.3) is 5.91 Å². The van der Waals surface area contributed by atoms with Crippen molar-refractivity contribution in [3.63, 3.8) is 0 Å². The van der Waals surface area contributed by atoms with Crippen molar-refractivity contribution in [1.29, 1.82) is 0 Å². The van der Waals surface area contributed by atoms with E-state index in [1.54, 1.807) is 29.6 Å². The van der Waals surface area contributed by atoms with Crippen molar-refractivity contribution in [2.45, 2.75) is 6.54 Å². The Labute approximate surface area is 165 Å². The first kappa shape index (κ1) is 18.9. The largest absolute Gasteiger partial charge is 0.451 e. The van der Waals surface area contributed by atoms with E-state index in [2.05, 4.69) is 15.6 Å². The van der Waals surface area contributed by atoms with Crippen molar-refractivity contribution >= 4 is 45.6 Å². The SMILES string of the molecule is O=C(COC(=O)c1csc(NCc2ccccc2)n1)Nc1ccc(Cl)cc1. The van der Waals surface area contributed by atoms with Crippen molar-refractivity contribution in [2.75, 3.05) is 17.2 Å². The maximum absolute atomic E-state index is 12.0. The third-order valence-corrected chi connectivity index (χ3v) is 4.51. The Morgan fingerprint density at radius 2 is 1.81 bits per heavy atom. The van der Waals surface area contributed by atoms with Gasteiger partial charge in [-0.05, 0) is 29.8 Å². The van der Waals surface area contributed by atoms with Crippen molar-refractivity contribution in [1.82, 2.24) is 4.98 Å². The van der Waals surface area contributed by atoms with Gasteiger partial charge < -0.3 is 15.4 Å². The van der Waals surface area contributed by atoms with E-state index < -0.39 is 18.5 Å². The number of nitrogens with one attached hydrogen (secondary N) is 2. The first-order valence-corrected chi connectivity index (χ1v) is 9.32. The maximum atomic E-state index is 12.0. The van der Waals surface area contributed by atoms with E-state index in [-0.39, 0.29) is 5.69 Å². The Bertz CT molecular complexity index is 913. The van der Waals surface area contributed by atoms with Gasteiger partial charge in [0.2, 0.25) is 0 Å². The van der Waals surface area contributed by atoms with E-state index in [1.807, 2.05) is 30.3 Å². The first-order chi connectivity index (χ1) is 13.1. The molecule has 0 unspecified atom stereocenters. The predicted octanol–water partition coefficient (Wildman–Crippen LogP) is 4.20. The molecule has 3 aromatic rings. The van der Waals surface area contributed by atoms with E-state index in [9.17, 15) is 9.59 Å². The fourth-order valence-corrected chi connectivity index (χ4v) is 2.96. The minimum Gasteiger partial charge on any atom is -0.451 e. The maximum Gasteiger partial charge on any atom is 0.358 e. The van der Waals surface area contributed by atoms with Crippen LogP contribution in [0.2, 0.25) is 5.02 Å². The highest BCUT2D eigenvalue weighted by molar-refractivity contribution is 7.13. The molecule has 3 rings (SSSR count). The summed E-state index contributed by atoms with van der Waals surface area (Å²) in [5.74, 6) is -1.09. The van der Waals surface area contributed by atoms with E-state index in [0.29, 0.717) is 22.4 Å². The van der Waals surface area contributed by atoms with E-state index in [1.165, 1.54) is 11.3 Å². The number of hydrogen-bond acceptors (Lipinski definition) is 6. The highest BCUT2D eigenvalue weighted by atomic mass is 35.5. The summed E-state index contributed by atoms with van der Waals surface area (Å²) < 4.78 is 5.00. The van der Waals surface area contributed by atoms with Crippen molar-refractivity contribution in [2.24, 2.45) is 0 Å². The van der Waals surface area contributed by atoms with Gasteiger partial charge in [-0.1, -0.05) is 41.9 Å². The van der Waals surface area contributed by atoms with Crippen LogP contribution in [0.15, 0.2) is 60.0 Å². The van der Waals surface area contributed by atoms with Gasteiger partial charge in [-0.25, -0.2) is 9.78 Å². The zero-order valence-electron chi connectivity index (χ0n) is 14.1. The van der Waals surface area contributed by atoms with Crippen LogP contribution in [0.3, 0.4) is 0 Å². The second-order valence-corrected chi connectivity index (χ2v) is 6.80. The van der Waals surface area contributed by atoms with Gasteiger partial charge in [-0.15, -0.1) is 11.3 Å². The molecule has 6 nitrogen and oxygen atoms in total. The molecular formula is C19H16ClN3O3S. The van der Waals surface area contributed by atoms with Gasteiger partial charge >= 0.3 is 5.97 Å². The summed E-state index contributed by atoms with van der Waals surface area (Å²) in [6, 6.07) is 16.5. The van der Waals surface area contributed by atoms with Crippen LogP contribution in [0, 0.1) is 0 Å². The highest BCUT2D eigenvalue weighted by Crippen LogP contribution is 2.17. The van der Waals surface area contributed by atoms with E-state index >= 15 is 0 Å². The van der Waals surface area contributed by atoms with Crippen molar-refractivity contribution in [3.8, 4) is 0 Å². The number of ether oxygens (including phenoxy) is 1. The first-order valence-electron chi connectivity index (χ1n) is 8.06. The lowest BCUT2D eigenvalue weighted by Gasteiger charge is -2.05. The molecule has 0 spiro atoms. The molecule has 0 aliphatic rings. The van der Waals surface area contributed by atoms with E-state index in [0.717, 1.165) is 5.56 Å². The van der Waals surface area contributed by atoms with Crippen molar-refractivity contribution < 1.29 is 14.3 Å². The highest BCUT2D eigenvalue weighted by Gasteiger charge is 2.14. The second kappa shape index (κ2) is 9.16. The summed E-state index contributed by atoms with van der Waals surface area (Å²) >= 11 is 7.08. The van der Waals surface area contributed by atoms with Gasteiger partial charge in [-0.2, -0.15) is 0 Å². The summed E-state index contributed by atoms with van der Waals surface area (Å²) in [6.07, 6.45) is 0. The molecule has 0 aliphatic heterocycles. The van der Waals surface area contributed by atoms with Crippen LogP contribution in [-0.4, -0.2) is 23.5 Å². The van der Waals surface area contributed by atoms with Crippen LogP contribution in [-0.2, 0) is 16.1 Å². The number of hydrogen-bond donors (Lipinski definition) is 2. The molecule has 0 fully saturated rings. The molecule has 0 saturated carbocycles. The van der Waals surface area contributed by atoms with Gasteiger partial charge in [0.05, 0.1) is 0 Å². The number of carbonyl (C=O) groups excluding carboxylic acids is 2. The van der Waals surface area contributed by atoms with Gasteiger partial charge in [0.1, 0.15) is 0 Å². The molecule has 1 amide bonds. The molecule has 0 bridgehead atoms. The minimum atomic E-state index is -0.648. The van der Waals surface area contributed by atoms with Crippen LogP contribution in [0.25, 0.3) is 0 Å². The zero-order valence-corrected chi connectivity index (χ0v) is 15.7. The predicted molar refractivity (Wildman–Crippen MR) is 106 cm³/mol. The molecule has 2 N–H and O–H groups in total. The summed E-state index contributed by atoms with van der Waals surface area (Å²) in [4.78, 5) is 28.1. The van der Waals surface area contributed by atoms with Gasteiger partial charge in [-0.3, -0.25) is 4.79 Å². The Balaban J connectivity index is 1.46. The molecule has 0 aliphatic carbocycles. The average Bonchev–Trinajstić information content (AvgIpc) is 3.16. The smallest absolute Gasteiger partial charge is 0.358 e. The van der Waals surface area contributed by atoms with E-state index in [4.69, 9.17) is 16.3 Å². The molecule has 0 radical (unpaired) electrons. The lowest BCUT2D eigenvalue weighted by atomic mass is 10.2. The number of nitrogens with zero attached hydrogens (tertiary/aromatic N) is 1. The van der Waals surface area contributed by atoms with Crippen LogP contribution in [0.4, 0.5) is 10.8 Å². The Hall–Kier alpha value is -2.90. The number of halogens is 1. The Morgan fingerprint density at radius 3 is 2.56 bits per heavy atom. The average molecular weight is 402 g/mol. The molecular weight excluding hydrogens is 386 g/mol. The molecule has 0 atom stereocenters. The summed E-state index contributed by atoms with van der Waals surface area (Å²) in [6.45, 7) is 0.206. The van der Waals surface area contributed by atoms with Crippen LogP contribution < -0.4 is 10.6 Å². The number of anilines is 2. The molecule has 138 valence electrons. The molecule has 1 heterocycles. The standard InChI is InChI=1S/C19H16ClN3O3S/c20-14-6-8-15(9-7-14)22-17(24)11-26-18(25)16-12-27-19(23-16)21-10-13-4-2-1-3-5-13/h1-9,12H,10-11H2,(H,21,23)(H,22,24). The quantitative estimate of drug-likeness (QED) is 0.580. The molecule has 1 aromatic heterocycles. The number of benzene rings is 2. The fraction of sp³-hybridized carbons (Fsp3) is 0.105. The third-order valence-electron chi connectivity index (χ3n) is 3.46. The number of rotatable bonds is 7. The van der Waals surface area contributed by atoms with Gasteiger partial charge in [0, 0.05) is 22.6 Å². The number of carbonyl (C=O) groups is 2. The van der Waals surface area contributed by atoms with Crippen molar-refractivity contribution in [3.05, 3.63) is 76.3 Å². The minimum absolute atomic E-state index is 0.162. The Kier molecular flexibility index (Phi) is 6.40. The number of esters is 1. The number of amides is 1. The monoisotopic (exact) mass is 401 g/mol. The summed E-state index contributed by atoms with van der Waals surface area (Å²) in [7, 11) is 0. The summed E-state index contributed by atoms with van der Waals surface area (Å²) in [5, 5.41) is 8.53. The van der Waals surface area contributed by atoms with Crippen LogP contribution in [0.1, 0.15) is 16.1 Å². The normalized spacial score (nSPS) is 10.3. The Morgan fingerprint density at radius 1 is 1.07 bits per heavy atom. The molecule has 27 heavy (non-hydrogen) atoms. The lowest BCUT2D eigenvalue weighted by molar-refractivity contribution is -0.119. The fourth-order valence-electron chi connectivity index (χ4n) is 2.16. The molecule has 2 aromatic carbocycles. The lowest BCUT2D eigenvalue weighted by Crippen LogP contribution is -2.21.